The first kappa shape index (κ1) is 17.0. The first-order valence-electron chi connectivity index (χ1n) is 9.22. The summed E-state index contributed by atoms with van der Waals surface area (Å²) in [7, 11) is 0. The van der Waals surface area contributed by atoms with Crippen LogP contribution in [0.15, 0.2) is 24.3 Å². The zero-order valence-corrected chi connectivity index (χ0v) is 14.8. The smallest absolute Gasteiger partial charge is 0.322 e. The molecule has 26 heavy (non-hydrogen) atoms. The van der Waals surface area contributed by atoms with Gasteiger partial charge >= 0.3 is 6.03 Å². The number of fused-ring (bicyclic) bond motifs is 2. The number of imide groups is 1. The molecule has 4 N–H and O–H groups in total. The molecule has 0 aromatic heterocycles. The fraction of sp³-hybridized carbons (Fsp3) is 0.526. The molecule has 138 valence electrons. The van der Waals surface area contributed by atoms with Crippen LogP contribution in [0, 0.1) is 5.92 Å². The predicted octanol–water partition coefficient (Wildman–Crippen LogP) is 1.60. The van der Waals surface area contributed by atoms with Crippen molar-refractivity contribution in [2.45, 2.75) is 56.7 Å². The summed E-state index contributed by atoms with van der Waals surface area (Å²) in [4.78, 5) is 36.0. The van der Waals surface area contributed by atoms with Gasteiger partial charge in [-0.25, -0.2) is 4.79 Å². The van der Waals surface area contributed by atoms with Crippen molar-refractivity contribution in [1.82, 2.24) is 16.0 Å². The van der Waals surface area contributed by atoms with Crippen LogP contribution in [-0.2, 0) is 15.1 Å². The Morgan fingerprint density at radius 1 is 1.23 bits per heavy atom. The molecule has 1 aromatic carbocycles. The number of carbonyl (C=O) groups excluding carboxylic acids is 3. The van der Waals surface area contributed by atoms with E-state index in [4.69, 9.17) is 0 Å². The second-order valence-corrected chi connectivity index (χ2v) is 7.84. The van der Waals surface area contributed by atoms with Crippen LogP contribution in [0.5, 0.6) is 0 Å². The van der Waals surface area contributed by atoms with Gasteiger partial charge in [0.1, 0.15) is 5.54 Å². The lowest BCUT2D eigenvalue weighted by Crippen LogP contribution is -2.40. The van der Waals surface area contributed by atoms with E-state index >= 15 is 0 Å². The monoisotopic (exact) mass is 356 g/mol. The number of carbonyl (C=O) groups is 3. The Morgan fingerprint density at radius 3 is 2.62 bits per heavy atom. The Kier molecular flexibility index (Phi) is 4.19. The summed E-state index contributed by atoms with van der Waals surface area (Å²) in [6, 6.07) is 7.72. The van der Waals surface area contributed by atoms with Gasteiger partial charge in [0.25, 0.3) is 5.91 Å². The molecule has 3 aliphatic rings. The lowest BCUT2D eigenvalue weighted by Gasteiger charge is -2.28. The molecule has 4 amide bonds. The van der Waals surface area contributed by atoms with Gasteiger partial charge in [0.05, 0.1) is 0 Å². The highest BCUT2D eigenvalue weighted by atomic mass is 16.2. The predicted molar refractivity (Wildman–Crippen MR) is 96.4 cm³/mol. The summed E-state index contributed by atoms with van der Waals surface area (Å²) in [5.74, 6) is 0.0315. The van der Waals surface area contributed by atoms with E-state index in [1.54, 1.807) is 31.2 Å². The Balaban J connectivity index is 1.41. The molecule has 1 aromatic rings. The van der Waals surface area contributed by atoms with Crippen molar-refractivity contribution in [2.75, 3.05) is 5.32 Å². The van der Waals surface area contributed by atoms with Crippen LogP contribution >= 0.6 is 0 Å². The van der Waals surface area contributed by atoms with Crippen molar-refractivity contribution in [3.05, 3.63) is 29.8 Å². The van der Waals surface area contributed by atoms with Gasteiger partial charge in [0.2, 0.25) is 5.91 Å². The molecule has 3 fully saturated rings. The summed E-state index contributed by atoms with van der Waals surface area (Å²) in [5, 5.41) is 11.4. The molecule has 0 spiro atoms. The maximum atomic E-state index is 12.5. The molecule has 3 atom stereocenters. The maximum absolute atomic E-state index is 12.5. The fourth-order valence-electron chi connectivity index (χ4n) is 4.47. The van der Waals surface area contributed by atoms with Crippen molar-refractivity contribution in [3.8, 4) is 0 Å². The van der Waals surface area contributed by atoms with Gasteiger partial charge in [-0.05, 0) is 56.2 Å². The van der Waals surface area contributed by atoms with Crippen molar-refractivity contribution in [3.63, 3.8) is 0 Å². The summed E-state index contributed by atoms with van der Waals surface area (Å²) in [6.07, 6.45) is 5.09. The van der Waals surface area contributed by atoms with E-state index in [2.05, 4.69) is 21.3 Å². The highest BCUT2D eigenvalue weighted by Crippen LogP contribution is 2.33. The third-order valence-electron chi connectivity index (χ3n) is 5.81. The first-order valence-corrected chi connectivity index (χ1v) is 9.22. The molecule has 3 saturated heterocycles. The number of rotatable bonds is 4. The fourth-order valence-corrected chi connectivity index (χ4v) is 4.47. The number of benzene rings is 1. The van der Waals surface area contributed by atoms with E-state index < -0.39 is 17.5 Å². The summed E-state index contributed by atoms with van der Waals surface area (Å²) in [6.45, 7) is 1.65. The van der Waals surface area contributed by atoms with Gasteiger partial charge in [-0.15, -0.1) is 0 Å². The van der Waals surface area contributed by atoms with E-state index in [0.717, 1.165) is 12.8 Å². The third-order valence-corrected chi connectivity index (χ3v) is 5.81. The third kappa shape index (κ3) is 3.19. The van der Waals surface area contributed by atoms with Crippen molar-refractivity contribution < 1.29 is 14.4 Å². The SMILES string of the molecule is CC1(c2cccc(NC(=O)CC3CC4CCC(C3)N4)c2)NC(=O)NC1=O. The minimum Gasteiger partial charge on any atom is -0.326 e. The lowest BCUT2D eigenvalue weighted by atomic mass is 9.89. The minimum absolute atomic E-state index is 0.00138. The molecule has 3 heterocycles. The van der Waals surface area contributed by atoms with Gasteiger partial charge in [-0.3, -0.25) is 14.9 Å². The molecular formula is C19H24N4O3. The van der Waals surface area contributed by atoms with Gasteiger partial charge in [0, 0.05) is 24.2 Å². The van der Waals surface area contributed by atoms with E-state index in [-0.39, 0.29) is 5.91 Å². The van der Waals surface area contributed by atoms with Crippen LogP contribution in [-0.4, -0.2) is 29.9 Å². The maximum Gasteiger partial charge on any atom is 0.322 e. The second kappa shape index (κ2) is 6.39. The molecule has 7 nitrogen and oxygen atoms in total. The molecule has 4 rings (SSSR count). The second-order valence-electron chi connectivity index (χ2n) is 7.84. The lowest BCUT2D eigenvalue weighted by molar-refractivity contribution is -0.123. The quantitative estimate of drug-likeness (QED) is 0.616. The van der Waals surface area contributed by atoms with Crippen molar-refractivity contribution >= 4 is 23.5 Å². The number of amides is 4. The number of urea groups is 1. The summed E-state index contributed by atoms with van der Waals surface area (Å²) >= 11 is 0. The Morgan fingerprint density at radius 2 is 1.96 bits per heavy atom. The van der Waals surface area contributed by atoms with Crippen LogP contribution in [0.1, 0.15) is 44.6 Å². The van der Waals surface area contributed by atoms with E-state index in [1.807, 2.05) is 0 Å². The molecule has 3 unspecified atom stereocenters. The number of piperidine rings is 1. The van der Waals surface area contributed by atoms with Gasteiger partial charge in [-0.2, -0.15) is 0 Å². The highest BCUT2D eigenvalue weighted by molar-refractivity contribution is 6.07. The first-order chi connectivity index (χ1) is 12.4. The average Bonchev–Trinajstić information content (AvgIpc) is 3.06. The summed E-state index contributed by atoms with van der Waals surface area (Å²) in [5.41, 5.74) is 0.157. The molecular weight excluding hydrogens is 332 g/mol. The number of nitrogens with one attached hydrogen (secondary N) is 4. The standard InChI is InChI=1S/C19H24N4O3/c1-19(17(25)22-18(26)23-19)12-3-2-4-13(10-12)21-16(24)9-11-7-14-5-6-15(8-11)20-14/h2-4,10-11,14-15,20H,5-9H2,1H3,(H,21,24)(H2,22,23,25,26). The van der Waals surface area contributed by atoms with Crippen LogP contribution in [0.4, 0.5) is 10.5 Å². The zero-order valence-electron chi connectivity index (χ0n) is 14.8. The highest BCUT2D eigenvalue weighted by Gasteiger charge is 2.43. The molecule has 0 saturated carbocycles. The molecule has 7 heteroatoms. The molecule has 3 aliphatic heterocycles. The van der Waals surface area contributed by atoms with Gasteiger partial charge < -0.3 is 16.0 Å². The van der Waals surface area contributed by atoms with E-state index in [0.29, 0.717) is 35.7 Å². The number of hydrogen-bond acceptors (Lipinski definition) is 4. The zero-order chi connectivity index (χ0) is 18.3. The normalized spacial score (nSPS) is 32.9. The van der Waals surface area contributed by atoms with Crippen molar-refractivity contribution in [1.29, 1.82) is 0 Å². The topological polar surface area (TPSA) is 99.3 Å². The minimum atomic E-state index is -1.12. The number of hydrogen-bond donors (Lipinski definition) is 4. The van der Waals surface area contributed by atoms with Gasteiger partial charge in [0.15, 0.2) is 0 Å². The molecule has 0 aliphatic carbocycles. The number of anilines is 1. The van der Waals surface area contributed by atoms with Crippen LogP contribution in [0.3, 0.4) is 0 Å². The summed E-state index contributed by atoms with van der Waals surface area (Å²) < 4.78 is 0. The Bertz CT molecular complexity index is 753. The van der Waals surface area contributed by atoms with E-state index in [1.165, 1.54) is 12.8 Å². The Hall–Kier alpha value is -2.41. The van der Waals surface area contributed by atoms with Crippen LogP contribution < -0.4 is 21.3 Å². The van der Waals surface area contributed by atoms with Crippen LogP contribution in [0.25, 0.3) is 0 Å². The molecule has 2 bridgehead atoms. The van der Waals surface area contributed by atoms with E-state index in [9.17, 15) is 14.4 Å². The van der Waals surface area contributed by atoms with Crippen molar-refractivity contribution in [2.24, 2.45) is 5.92 Å². The molecule has 0 radical (unpaired) electrons. The Labute approximate surface area is 152 Å². The van der Waals surface area contributed by atoms with Gasteiger partial charge in [-0.1, -0.05) is 12.1 Å². The van der Waals surface area contributed by atoms with Crippen LogP contribution in [0.2, 0.25) is 0 Å². The average molecular weight is 356 g/mol. The largest absolute Gasteiger partial charge is 0.326 e.